The minimum atomic E-state index is -0.378. The molecule has 0 spiro atoms. The van der Waals surface area contributed by atoms with E-state index in [0.717, 1.165) is 24.8 Å². The Morgan fingerprint density at radius 2 is 1.86 bits per heavy atom. The predicted molar refractivity (Wildman–Crippen MR) is 109 cm³/mol. The SMILES string of the molecule is CCc1ccc(CN(C(=O)Nc2ccccc2N2CCOC2=O)C2CC2)cc1. The minimum absolute atomic E-state index is 0.137. The lowest BCUT2D eigenvalue weighted by Gasteiger charge is -2.25. The Bertz CT molecular complexity index is 862. The molecule has 3 amide bonds. The number of nitrogens with zero attached hydrogens (tertiary/aromatic N) is 2. The average Bonchev–Trinajstić information content (AvgIpc) is 3.47. The van der Waals surface area contributed by atoms with Crippen molar-refractivity contribution in [3.8, 4) is 0 Å². The zero-order valence-corrected chi connectivity index (χ0v) is 16.1. The molecule has 1 saturated heterocycles. The highest BCUT2D eigenvalue weighted by atomic mass is 16.6. The second kappa shape index (κ2) is 7.92. The van der Waals surface area contributed by atoms with E-state index in [0.29, 0.717) is 31.1 Å². The van der Waals surface area contributed by atoms with E-state index in [2.05, 4.69) is 36.5 Å². The molecule has 4 rings (SSSR count). The van der Waals surface area contributed by atoms with Crippen LogP contribution in [0.25, 0.3) is 0 Å². The molecule has 1 N–H and O–H groups in total. The molecule has 1 aliphatic heterocycles. The van der Waals surface area contributed by atoms with Crippen LogP contribution in [0.15, 0.2) is 48.5 Å². The third-order valence-electron chi connectivity index (χ3n) is 5.23. The van der Waals surface area contributed by atoms with Crippen LogP contribution in [0.3, 0.4) is 0 Å². The van der Waals surface area contributed by atoms with Crippen molar-refractivity contribution in [1.82, 2.24) is 4.90 Å². The molecule has 0 radical (unpaired) electrons. The molecule has 1 heterocycles. The van der Waals surface area contributed by atoms with Gasteiger partial charge in [-0.1, -0.05) is 43.3 Å². The van der Waals surface area contributed by atoms with Gasteiger partial charge in [-0.25, -0.2) is 9.59 Å². The van der Waals surface area contributed by atoms with Gasteiger partial charge in [0, 0.05) is 12.6 Å². The highest BCUT2D eigenvalue weighted by molar-refractivity contribution is 5.99. The molecule has 0 unspecified atom stereocenters. The number of cyclic esters (lactones) is 1. The molecular formula is C22H25N3O3. The number of aryl methyl sites for hydroxylation is 1. The van der Waals surface area contributed by atoms with Crippen LogP contribution in [0.1, 0.15) is 30.9 Å². The first-order valence-corrected chi connectivity index (χ1v) is 9.84. The van der Waals surface area contributed by atoms with Gasteiger partial charge in [-0.3, -0.25) is 4.90 Å². The minimum Gasteiger partial charge on any atom is -0.447 e. The quantitative estimate of drug-likeness (QED) is 0.809. The van der Waals surface area contributed by atoms with E-state index >= 15 is 0 Å². The van der Waals surface area contributed by atoms with Crippen LogP contribution in [0.2, 0.25) is 0 Å². The summed E-state index contributed by atoms with van der Waals surface area (Å²) in [6, 6.07) is 15.9. The highest BCUT2D eigenvalue weighted by Gasteiger charge is 2.33. The number of ether oxygens (including phenoxy) is 1. The Kier molecular flexibility index (Phi) is 5.19. The number of rotatable bonds is 6. The number of para-hydroxylation sites is 2. The van der Waals surface area contributed by atoms with E-state index in [-0.39, 0.29) is 18.2 Å². The lowest BCUT2D eigenvalue weighted by Crippen LogP contribution is -2.37. The van der Waals surface area contributed by atoms with Crippen molar-refractivity contribution in [2.24, 2.45) is 0 Å². The lowest BCUT2D eigenvalue weighted by molar-refractivity contribution is 0.181. The number of anilines is 2. The van der Waals surface area contributed by atoms with E-state index in [1.165, 1.54) is 5.56 Å². The Morgan fingerprint density at radius 3 is 2.50 bits per heavy atom. The number of benzene rings is 2. The Labute approximate surface area is 165 Å². The number of hydrogen-bond donors (Lipinski definition) is 1. The van der Waals surface area contributed by atoms with Gasteiger partial charge in [0.15, 0.2) is 0 Å². The summed E-state index contributed by atoms with van der Waals surface area (Å²) < 4.78 is 5.04. The van der Waals surface area contributed by atoms with Gasteiger partial charge in [-0.15, -0.1) is 0 Å². The van der Waals surface area contributed by atoms with Crippen LogP contribution in [-0.2, 0) is 17.7 Å². The molecule has 2 aliphatic rings. The summed E-state index contributed by atoms with van der Waals surface area (Å²) in [5, 5.41) is 3.01. The van der Waals surface area contributed by atoms with Crippen molar-refractivity contribution in [2.45, 2.75) is 38.8 Å². The third-order valence-corrected chi connectivity index (χ3v) is 5.23. The van der Waals surface area contributed by atoms with Gasteiger partial charge in [0.1, 0.15) is 6.61 Å². The van der Waals surface area contributed by atoms with Crippen molar-refractivity contribution in [1.29, 1.82) is 0 Å². The van der Waals surface area contributed by atoms with Crippen LogP contribution in [0.4, 0.5) is 21.0 Å². The largest absolute Gasteiger partial charge is 0.447 e. The molecule has 6 heteroatoms. The Balaban J connectivity index is 1.50. The second-order valence-electron chi connectivity index (χ2n) is 7.24. The van der Waals surface area contributed by atoms with Gasteiger partial charge in [0.25, 0.3) is 0 Å². The molecule has 2 aromatic carbocycles. The summed E-state index contributed by atoms with van der Waals surface area (Å²) in [5.41, 5.74) is 3.70. The maximum atomic E-state index is 13.1. The topological polar surface area (TPSA) is 61.9 Å². The summed E-state index contributed by atoms with van der Waals surface area (Å²) in [6.45, 7) is 3.56. The lowest BCUT2D eigenvalue weighted by atomic mass is 10.1. The molecule has 0 aromatic heterocycles. The maximum Gasteiger partial charge on any atom is 0.414 e. The van der Waals surface area contributed by atoms with Gasteiger partial charge in [0.2, 0.25) is 0 Å². The number of nitrogens with one attached hydrogen (secondary N) is 1. The van der Waals surface area contributed by atoms with E-state index in [9.17, 15) is 9.59 Å². The molecule has 2 aromatic rings. The zero-order chi connectivity index (χ0) is 19.5. The highest BCUT2D eigenvalue weighted by Crippen LogP contribution is 2.32. The van der Waals surface area contributed by atoms with Crippen LogP contribution in [0, 0.1) is 0 Å². The standard InChI is InChI=1S/C22H25N3O3/c1-2-16-7-9-17(10-8-16)15-25(18-11-12-18)21(26)23-19-5-3-4-6-20(19)24-13-14-28-22(24)27/h3-10,18H,2,11-15H2,1H3,(H,23,26). The smallest absolute Gasteiger partial charge is 0.414 e. The molecule has 146 valence electrons. The van der Waals surface area contributed by atoms with Gasteiger partial charge in [-0.05, 0) is 42.5 Å². The molecule has 1 saturated carbocycles. The van der Waals surface area contributed by atoms with E-state index in [1.807, 2.05) is 29.2 Å². The first-order valence-electron chi connectivity index (χ1n) is 9.84. The van der Waals surface area contributed by atoms with Crippen LogP contribution < -0.4 is 10.2 Å². The fourth-order valence-electron chi connectivity index (χ4n) is 3.44. The van der Waals surface area contributed by atoms with Crippen molar-refractivity contribution in [3.05, 3.63) is 59.7 Å². The van der Waals surface area contributed by atoms with Crippen molar-refractivity contribution >= 4 is 23.5 Å². The van der Waals surface area contributed by atoms with Gasteiger partial charge < -0.3 is 15.0 Å². The second-order valence-corrected chi connectivity index (χ2v) is 7.24. The van der Waals surface area contributed by atoms with E-state index in [4.69, 9.17) is 4.74 Å². The molecule has 0 bridgehead atoms. The average molecular weight is 379 g/mol. The maximum absolute atomic E-state index is 13.1. The molecular weight excluding hydrogens is 354 g/mol. The van der Waals surface area contributed by atoms with Gasteiger partial charge in [-0.2, -0.15) is 0 Å². The normalized spacial score (nSPS) is 16.0. The Hall–Kier alpha value is -3.02. The van der Waals surface area contributed by atoms with Crippen molar-refractivity contribution < 1.29 is 14.3 Å². The van der Waals surface area contributed by atoms with Gasteiger partial charge >= 0.3 is 12.1 Å². The fraction of sp³-hybridized carbons (Fsp3) is 0.364. The van der Waals surface area contributed by atoms with Crippen LogP contribution >= 0.6 is 0 Å². The summed E-state index contributed by atoms with van der Waals surface area (Å²) in [5.74, 6) is 0. The summed E-state index contributed by atoms with van der Waals surface area (Å²) >= 11 is 0. The van der Waals surface area contributed by atoms with Crippen molar-refractivity contribution in [3.63, 3.8) is 0 Å². The zero-order valence-electron chi connectivity index (χ0n) is 16.1. The van der Waals surface area contributed by atoms with E-state index in [1.54, 1.807) is 4.90 Å². The first kappa shape index (κ1) is 18.3. The van der Waals surface area contributed by atoms with Gasteiger partial charge in [0.05, 0.1) is 17.9 Å². The number of carbonyl (C=O) groups excluding carboxylic acids is 2. The van der Waals surface area contributed by atoms with E-state index < -0.39 is 0 Å². The van der Waals surface area contributed by atoms with Crippen LogP contribution in [-0.4, -0.2) is 36.2 Å². The number of urea groups is 1. The monoisotopic (exact) mass is 379 g/mol. The molecule has 6 nitrogen and oxygen atoms in total. The summed E-state index contributed by atoms with van der Waals surface area (Å²) in [7, 11) is 0. The molecule has 28 heavy (non-hydrogen) atoms. The third kappa shape index (κ3) is 3.96. The number of amides is 3. The first-order chi connectivity index (χ1) is 13.7. The fourth-order valence-corrected chi connectivity index (χ4v) is 3.44. The Morgan fingerprint density at radius 1 is 1.14 bits per heavy atom. The predicted octanol–water partition coefficient (Wildman–Crippen LogP) is 4.40. The number of carbonyl (C=O) groups is 2. The summed E-state index contributed by atoms with van der Waals surface area (Å²) in [4.78, 5) is 28.4. The molecule has 1 aliphatic carbocycles. The molecule has 0 atom stereocenters. The number of hydrogen-bond acceptors (Lipinski definition) is 3. The molecule has 2 fully saturated rings. The van der Waals surface area contributed by atoms with Crippen LogP contribution in [0.5, 0.6) is 0 Å². The van der Waals surface area contributed by atoms with Crippen molar-refractivity contribution in [2.75, 3.05) is 23.4 Å². The summed E-state index contributed by atoms with van der Waals surface area (Å²) in [6.07, 6.45) is 2.68.